The number of amides is 1. The van der Waals surface area contributed by atoms with Gasteiger partial charge in [0.05, 0.1) is 16.2 Å². The molecule has 0 radical (unpaired) electrons. The van der Waals surface area contributed by atoms with Gasteiger partial charge < -0.3 is 10.4 Å². The normalized spacial score (nSPS) is 11.1. The second-order valence-corrected chi connectivity index (χ2v) is 6.75. The molecule has 0 heterocycles. The molecule has 1 amide bonds. The average Bonchev–Trinajstić information content (AvgIpc) is 2.46. The molecule has 1 aromatic carbocycles. The van der Waals surface area contributed by atoms with Crippen molar-refractivity contribution >= 4 is 21.7 Å². The summed E-state index contributed by atoms with van der Waals surface area (Å²) < 4.78 is 23.9. The third-order valence-corrected chi connectivity index (χ3v) is 4.74. The highest BCUT2D eigenvalue weighted by Crippen LogP contribution is 2.16. The predicted molar refractivity (Wildman–Crippen MR) is 78.0 cm³/mol. The molecule has 0 saturated heterocycles. The molecule has 1 aromatic rings. The minimum absolute atomic E-state index is 0.0236. The number of hydrogen-bond acceptors (Lipinski definition) is 4. The van der Waals surface area contributed by atoms with Crippen molar-refractivity contribution in [2.75, 3.05) is 12.3 Å². The Kier molecular flexibility index (Phi) is 6.36. The topological polar surface area (TPSA) is 101 Å². The zero-order valence-corrected chi connectivity index (χ0v) is 12.6. The molecule has 6 nitrogen and oxygen atoms in total. The zero-order valence-electron chi connectivity index (χ0n) is 11.8. The van der Waals surface area contributed by atoms with Gasteiger partial charge in [-0.15, -0.1) is 0 Å². The van der Waals surface area contributed by atoms with Crippen LogP contribution in [0.5, 0.6) is 0 Å². The van der Waals surface area contributed by atoms with Crippen LogP contribution in [0, 0.1) is 0 Å². The Morgan fingerprint density at radius 1 is 1.19 bits per heavy atom. The lowest BCUT2D eigenvalue weighted by Gasteiger charge is -2.09. The van der Waals surface area contributed by atoms with Crippen LogP contribution in [0.1, 0.15) is 36.5 Å². The van der Waals surface area contributed by atoms with E-state index in [1.807, 2.05) is 0 Å². The molecule has 0 aliphatic rings. The van der Waals surface area contributed by atoms with E-state index in [2.05, 4.69) is 5.32 Å². The van der Waals surface area contributed by atoms with Crippen LogP contribution >= 0.6 is 0 Å². The second-order valence-electron chi connectivity index (χ2n) is 4.51. The van der Waals surface area contributed by atoms with Crippen LogP contribution in [0.25, 0.3) is 0 Å². The largest absolute Gasteiger partial charge is 0.481 e. The monoisotopic (exact) mass is 313 g/mol. The van der Waals surface area contributed by atoms with E-state index in [4.69, 9.17) is 5.11 Å². The van der Waals surface area contributed by atoms with E-state index >= 15 is 0 Å². The number of aliphatic carboxylic acids is 1. The molecule has 21 heavy (non-hydrogen) atoms. The number of rotatable bonds is 8. The van der Waals surface area contributed by atoms with Crippen molar-refractivity contribution in [3.63, 3.8) is 0 Å². The van der Waals surface area contributed by atoms with Gasteiger partial charge in [0.25, 0.3) is 5.91 Å². The fraction of sp³-hybridized carbons (Fsp3) is 0.429. The van der Waals surface area contributed by atoms with Gasteiger partial charge in [0.2, 0.25) is 0 Å². The number of sulfone groups is 1. The van der Waals surface area contributed by atoms with Gasteiger partial charge >= 0.3 is 5.97 Å². The molecular formula is C14H19NO5S. The van der Waals surface area contributed by atoms with E-state index in [0.29, 0.717) is 19.4 Å². The first kappa shape index (κ1) is 17.2. The molecule has 0 aliphatic heterocycles. The maximum atomic E-state index is 12.0. The Bertz CT molecular complexity index is 610. The van der Waals surface area contributed by atoms with Gasteiger partial charge in [-0.05, 0) is 25.0 Å². The van der Waals surface area contributed by atoms with Crippen LogP contribution in [0.15, 0.2) is 29.2 Å². The maximum Gasteiger partial charge on any atom is 0.303 e. The summed E-state index contributed by atoms with van der Waals surface area (Å²) in [6, 6.07) is 6.06. The van der Waals surface area contributed by atoms with Crippen LogP contribution in [0.2, 0.25) is 0 Å². The molecule has 0 aliphatic carbocycles. The van der Waals surface area contributed by atoms with Crippen molar-refractivity contribution in [3.05, 3.63) is 29.8 Å². The first-order valence-corrected chi connectivity index (χ1v) is 8.35. The first-order valence-electron chi connectivity index (χ1n) is 6.70. The number of carboxylic acid groups (broad SMARTS) is 1. The van der Waals surface area contributed by atoms with Gasteiger partial charge in [-0.3, -0.25) is 9.59 Å². The lowest BCUT2D eigenvalue weighted by atomic mass is 10.2. The molecule has 7 heteroatoms. The number of benzene rings is 1. The van der Waals surface area contributed by atoms with Gasteiger partial charge in [-0.1, -0.05) is 19.1 Å². The molecule has 116 valence electrons. The first-order chi connectivity index (χ1) is 9.88. The molecule has 0 spiro atoms. The number of carboxylic acids is 1. The smallest absolute Gasteiger partial charge is 0.303 e. The molecule has 2 N–H and O–H groups in total. The summed E-state index contributed by atoms with van der Waals surface area (Å²) in [5.74, 6) is -1.41. The SMILES string of the molecule is CCS(=O)(=O)c1ccccc1C(=O)NCCCCC(=O)O. The molecule has 0 fully saturated rings. The quantitative estimate of drug-likeness (QED) is 0.708. The van der Waals surface area contributed by atoms with Crippen molar-refractivity contribution in [2.24, 2.45) is 0 Å². The summed E-state index contributed by atoms with van der Waals surface area (Å²) in [7, 11) is -3.46. The molecule has 0 atom stereocenters. The van der Waals surface area contributed by atoms with Crippen molar-refractivity contribution in [1.82, 2.24) is 5.32 Å². The lowest BCUT2D eigenvalue weighted by Crippen LogP contribution is -2.26. The van der Waals surface area contributed by atoms with Crippen molar-refractivity contribution < 1.29 is 23.1 Å². The van der Waals surface area contributed by atoms with Crippen LogP contribution in [0.4, 0.5) is 0 Å². The number of unbranched alkanes of at least 4 members (excludes halogenated alkanes) is 1. The molecule has 0 aromatic heterocycles. The predicted octanol–water partition coefficient (Wildman–Crippen LogP) is 1.46. The average molecular weight is 313 g/mol. The summed E-state index contributed by atoms with van der Waals surface area (Å²) in [6.45, 7) is 1.84. The fourth-order valence-corrected chi connectivity index (χ4v) is 2.87. The fourth-order valence-electron chi connectivity index (χ4n) is 1.78. The highest BCUT2D eigenvalue weighted by Gasteiger charge is 2.20. The van der Waals surface area contributed by atoms with E-state index < -0.39 is 21.7 Å². The number of carbonyl (C=O) groups excluding carboxylic acids is 1. The van der Waals surface area contributed by atoms with Crippen molar-refractivity contribution in [3.8, 4) is 0 Å². The third-order valence-electron chi connectivity index (χ3n) is 2.95. The molecule has 0 bridgehead atoms. The van der Waals surface area contributed by atoms with Crippen molar-refractivity contribution in [1.29, 1.82) is 0 Å². The minimum Gasteiger partial charge on any atom is -0.481 e. The van der Waals surface area contributed by atoms with E-state index in [-0.39, 0.29) is 22.6 Å². The highest BCUT2D eigenvalue weighted by atomic mass is 32.2. The van der Waals surface area contributed by atoms with E-state index in [9.17, 15) is 18.0 Å². The minimum atomic E-state index is -3.46. The van der Waals surface area contributed by atoms with Gasteiger partial charge in [0.1, 0.15) is 0 Å². The van der Waals surface area contributed by atoms with Crippen LogP contribution in [-0.4, -0.2) is 37.7 Å². The molecule has 0 unspecified atom stereocenters. The van der Waals surface area contributed by atoms with E-state index in [1.54, 1.807) is 12.1 Å². The third kappa shape index (κ3) is 5.18. The van der Waals surface area contributed by atoms with Crippen LogP contribution in [-0.2, 0) is 14.6 Å². The lowest BCUT2D eigenvalue weighted by molar-refractivity contribution is -0.137. The van der Waals surface area contributed by atoms with Crippen LogP contribution in [0.3, 0.4) is 0 Å². The zero-order chi connectivity index (χ0) is 15.9. The summed E-state index contributed by atoms with van der Waals surface area (Å²) in [4.78, 5) is 22.4. The highest BCUT2D eigenvalue weighted by molar-refractivity contribution is 7.91. The molecular weight excluding hydrogens is 294 g/mol. The van der Waals surface area contributed by atoms with Gasteiger partial charge in [0, 0.05) is 13.0 Å². The Labute approximate surface area is 124 Å². The maximum absolute atomic E-state index is 12.0. The van der Waals surface area contributed by atoms with Crippen LogP contribution < -0.4 is 5.32 Å². The van der Waals surface area contributed by atoms with Crippen molar-refractivity contribution in [2.45, 2.75) is 31.1 Å². The van der Waals surface area contributed by atoms with E-state index in [0.717, 1.165) is 0 Å². The van der Waals surface area contributed by atoms with Gasteiger partial charge in [-0.25, -0.2) is 8.42 Å². The molecule has 1 rings (SSSR count). The molecule has 0 saturated carbocycles. The second kappa shape index (κ2) is 7.78. The van der Waals surface area contributed by atoms with Gasteiger partial charge in [-0.2, -0.15) is 0 Å². The Morgan fingerprint density at radius 2 is 1.86 bits per heavy atom. The Morgan fingerprint density at radius 3 is 2.48 bits per heavy atom. The number of hydrogen-bond donors (Lipinski definition) is 2. The number of nitrogens with one attached hydrogen (secondary N) is 1. The summed E-state index contributed by atoms with van der Waals surface area (Å²) in [5.41, 5.74) is 0.123. The summed E-state index contributed by atoms with van der Waals surface area (Å²) in [5, 5.41) is 11.1. The Balaban J connectivity index is 2.69. The van der Waals surface area contributed by atoms with Gasteiger partial charge in [0.15, 0.2) is 9.84 Å². The summed E-state index contributed by atoms with van der Waals surface area (Å²) in [6.07, 6.45) is 1.04. The Hall–Kier alpha value is -1.89. The van der Waals surface area contributed by atoms with E-state index in [1.165, 1.54) is 19.1 Å². The number of carbonyl (C=O) groups is 2. The summed E-state index contributed by atoms with van der Waals surface area (Å²) >= 11 is 0. The standard InChI is InChI=1S/C14H19NO5S/c1-2-21(19,20)12-8-4-3-7-11(12)14(18)15-10-6-5-9-13(16)17/h3-4,7-8H,2,5-6,9-10H2,1H3,(H,15,18)(H,16,17).